The lowest BCUT2D eigenvalue weighted by molar-refractivity contribution is 0.0945. The fraction of sp³-hybridized carbons (Fsp3) is 0.0714. The van der Waals surface area contributed by atoms with Crippen molar-refractivity contribution >= 4 is 12.2 Å². The molecule has 1 N–H and O–H groups in total. The van der Waals surface area contributed by atoms with Gasteiger partial charge in [0.1, 0.15) is 12.0 Å². The number of nitrogens with zero attached hydrogens (tertiary/aromatic N) is 1. The zero-order valence-corrected chi connectivity index (χ0v) is 9.67. The van der Waals surface area contributed by atoms with Crippen LogP contribution in [0.15, 0.2) is 48.7 Å². The predicted molar refractivity (Wildman–Crippen MR) is 67.2 cm³/mol. The van der Waals surface area contributed by atoms with Crippen LogP contribution in [0.25, 0.3) is 0 Å². The fourth-order valence-electron chi connectivity index (χ4n) is 1.48. The second-order valence-corrected chi connectivity index (χ2v) is 3.76. The van der Waals surface area contributed by atoms with Gasteiger partial charge >= 0.3 is 0 Å². The summed E-state index contributed by atoms with van der Waals surface area (Å²) in [6.45, 7) is 0.411. The maximum Gasteiger partial charge on any atom is 0.270 e. The molecule has 0 aliphatic rings. The number of hydrogen-bond acceptors (Lipinski definition) is 3. The van der Waals surface area contributed by atoms with Gasteiger partial charge in [-0.25, -0.2) is 0 Å². The van der Waals surface area contributed by atoms with Crippen LogP contribution in [-0.2, 0) is 6.54 Å². The van der Waals surface area contributed by atoms with Crippen molar-refractivity contribution in [2.24, 2.45) is 0 Å². The number of aldehydes is 1. The van der Waals surface area contributed by atoms with Crippen LogP contribution in [0.5, 0.6) is 0 Å². The van der Waals surface area contributed by atoms with Crippen molar-refractivity contribution in [3.8, 4) is 0 Å². The molecule has 0 saturated heterocycles. The lowest BCUT2D eigenvalue weighted by Gasteiger charge is -2.04. The summed E-state index contributed by atoms with van der Waals surface area (Å²) in [7, 11) is 0. The zero-order chi connectivity index (χ0) is 12.8. The number of amides is 1. The van der Waals surface area contributed by atoms with Crippen molar-refractivity contribution in [3.63, 3.8) is 0 Å². The van der Waals surface area contributed by atoms with Crippen LogP contribution < -0.4 is 5.32 Å². The molecule has 1 aromatic heterocycles. The molecule has 18 heavy (non-hydrogen) atoms. The van der Waals surface area contributed by atoms with E-state index in [4.69, 9.17) is 0 Å². The molecule has 0 unspecified atom stereocenters. The lowest BCUT2D eigenvalue weighted by Crippen LogP contribution is -2.23. The predicted octanol–water partition coefficient (Wildman–Crippen LogP) is 1.82. The Balaban J connectivity index is 1.95. The fourth-order valence-corrected chi connectivity index (χ4v) is 1.48. The summed E-state index contributed by atoms with van der Waals surface area (Å²) < 4.78 is 0. The first-order valence-electron chi connectivity index (χ1n) is 5.53. The Morgan fingerprint density at radius 2 is 1.94 bits per heavy atom. The van der Waals surface area contributed by atoms with Crippen molar-refractivity contribution < 1.29 is 9.59 Å². The summed E-state index contributed by atoms with van der Waals surface area (Å²) in [6.07, 6.45) is 2.37. The number of pyridine rings is 1. The van der Waals surface area contributed by atoms with Gasteiger partial charge in [-0.2, -0.15) is 0 Å². The first kappa shape index (κ1) is 12.0. The first-order chi connectivity index (χ1) is 8.79. The topological polar surface area (TPSA) is 59.1 Å². The van der Waals surface area contributed by atoms with E-state index < -0.39 is 0 Å². The van der Waals surface area contributed by atoms with Crippen molar-refractivity contribution in [3.05, 3.63) is 65.5 Å². The summed E-state index contributed by atoms with van der Waals surface area (Å²) in [5.74, 6) is -0.213. The van der Waals surface area contributed by atoms with Crippen LogP contribution in [-0.4, -0.2) is 17.2 Å². The molecule has 0 fully saturated rings. The molecule has 0 aliphatic heterocycles. The normalized spacial score (nSPS) is 9.78. The van der Waals surface area contributed by atoms with E-state index in [-0.39, 0.29) is 5.91 Å². The number of carbonyl (C=O) groups excluding carboxylic acids is 2. The van der Waals surface area contributed by atoms with Crippen molar-refractivity contribution in [2.45, 2.75) is 6.54 Å². The molecule has 0 aliphatic carbocycles. The molecule has 0 saturated carbocycles. The minimum absolute atomic E-state index is 0.213. The zero-order valence-electron chi connectivity index (χ0n) is 9.67. The summed E-state index contributed by atoms with van der Waals surface area (Å²) >= 11 is 0. The largest absolute Gasteiger partial charge is 0.347 e. The Morgan fingerprint density at radius 1 is 1.17 bits per heavy atom. The summed E-state index contributed by atoms with van der Waals surface area (Å²) in [6, 6.07) is 12.2. The molecule has 2 aromatic rings. The third-order valence-corrected chi connectivity index (χ3v) is 2.47. The van der Waals surface area contributed by atoms with Gasteiger partial charge in [-0.15, -0.1) is 0 Å². The minimum Gasteiger partial charge on any atom is -0.347 e. The molecule has 0 atom stereocenters. The number of rotatable bonds is 4. The number of nitrogens with one attached hydrogen (secondary N) is 1. The number of carbonyl (C=O) groups is 2. The Labute approximate surface area is 105 Å². The highest BCUT2D eigenvalue weighted by Crippen LogP contribution is 2.02. The molecule has 90 valence electrons. The van der Waals surface area contributed by atoms with E-state index in [2.05, 4.69) is 10.3 Å². The van der Waals surface area contributed by atoms with Gasteiger partial charge in [-0.05, 0) is 17.7 Å². The number of aromatic nitrogens is 1. The molecular formula is C14H12N2O2. The van der Waals surface area contributed by atoms with Crippen molar-refractivity contribution in [1.29, 1.82) is 0 Å². The van der Waals surface area contributed by atoms with Crippen molar-refractivity contribution in [2.75, 3.05) is 0 Å². The summed E-state index contributed by atoms with van der Waals surface area (Å²) in [5.41, 5.74) is 1.95. The van der Waals surface area contributed by atoms with E-state index in [1.807, 2.05) is 12.1 Å². The molecule has 1 aromatic carbocycles. The minimum atomic E-state index is -0.213. The van der Waals surface area contributed by atoms with E-state index in [1.54, 1.807) is 36.5 Å². The standard InChI is InChI=1S/C14H12N2O2/c17-10-12-6-4-11(5-7-12)9-16-14(18)13-3-1-2-8-15-13/h1-8,10H,9H2,(H,16,18). The molecule has 4 nitrogen and oxygen atoms in total. The van der Waals surface area contributed by atoms with Crippen LogP contribution in [0.1, 0.15) is 26.4 Å². The van der Waals surface area contributed by atoms with Crippen LogP contribution in [0, 0.1) is 0 Å². The quantitative estimate of drug-likeness (QED) is 0.829. The monoisotopic (exact) mass is 240 g/mol. The molecule has 2 rings (SSSR count). The van der Waals surface area contributed by atoms with E-state index in [1.165, 1.54) is 0 Å². The van der Waals surface area contributed by atoms with Crippen molar-refractivity contribution in [1.82, 2.24) is 10.3 Å². The van der Waals surface area contributed by atoms with Gasteiger partial charge in [0.2, 0.25) is 0 Å². The highest BCUT2D eigenvalue weighted by atomic mass is 16.1. The average molecular weight is 240 g/mol. The van der Waals surface area contributed by atoms with E-state index >= 15 is 0 Å². The van der Waals surface area contributed by atoms with Crippen LogP contribution in [0.2, 0.25) is 0 Å². The second kappa shape index (κ2) is 5.72. The molecule has 0 radical (unpaired) electrons. The molecular weight excluding hydrogens is 228 g/mol. The average Bonchev–Trinajstić information content (AvgIpc) is 2.46. The summed E-state index contributed by atoms with van der Waals surface area (Å²) in [4.78, 5) is 26.2. The third kappa shape index (κ3) is 3.01. The second-order valence-electron chi connectivity index (χ2n) is 3.76. The Kier molecular flexibility index (Phi) is 3.81. The maximum atomic E-state index is 11.7. The van der Waals surface area contributed by atoms with E-state index in [0.29, 0.717) is 17.8 Å². The van der Waals surface area contributed by atoms with Gasteiger partial charge in [-0.3, -0.25) is 14.6 Å². The highest BCUT2D eigenvalue weighted by molar-refractivity contribution is 5.92. The first-order valence-corrected chi connectivity index (χ1v) is 5.53. The maximum absolute atomic E-state index is 11.7. The smallest absolute Gasteiger partial charge is 0.270 e. The molecule has 1 heterocycles. The van der Waals surface area contributed by atoms with Gasteiger partial charge in [0.25, 0.3) is 5.91 Å². The molecule has 0 bridgehead atoms. The summed E-state index contributed by atoms with van der Waals surface area (Å²) in [5, 5.41) is 2.76. The third-order valence-electron chi connectivity index (χ3n) is 2.47. The van der Waals surface area contributed by atoms with Gasteiger partial charge in [0, 0.05) is 18.3 Å². The van der Waals surface area contributed by atoms with Gasteiger partial charge in [0.15, 0.2) is 0 Å². The Bertz CT molecular complexity index is 535. The van der Waals surface area contributed by atoms with E-state index in [9.17, 15) is 9.59 Å². The van der Waals surface area contributed by atoms with Crippen LogP contribution in [0.4, 0.5) is 0 Å². The van der Waals surface area contributed by atoms with Gasteiger partial charge < -0.3 is 5.32 Å². The van der Waals surface area contributed by atoms with E-state index in [0.717, 1.165) is 11.8 Å². The highest BCUT2D eigenvalue weighted by Gasteiger charge is 2.05. The number of benzene rings is 1. The SMILES string of the molecule is O=Cc1ccc(CNC(=O)c2ccccn2)cc1. The molecule has 0 spiro atoms. The molecule has 4 heteroatoms. The Morgan fingerprint density at radius 3 is 2.56 bits per heavy atom. The Hall–Kier alpha value is -2.49. The van der Waals surface area contributed by atoms with Crippen LogP contribution >= 0.6 is 0 Å². The van der Waals surface area contributed by atoms with Gasteiger partial charge in [-0.1, -0.05) is 30.3 Å². The van der Waals surface area contributed by atoms with Gasteiger partial charge in [0.05, 0.1) is 0 Å². The van der Waals surface area contributed by atoms with Crippen LogP contribution in [0.3, 0.4) is 0 Å². The lowest BCUT2D eigenvalue weighted by atomic mass is 10.1. The number of hydrogen-bond donors (Lipinski definition) is 1. The molecule has 1 amide bonds.